The number of ether oxygens (including phenoxy) is 1. The van der Waals surface area contributed by atoms with Gasteiger partial charge in [-0.1, -0.05) is 12.1 Å². The van der Waals surface area contributed by atoms with Gasteiger partial charge in [0.1, 0.15) is 5.75 Å². The van der Waals surface area contributed by atoms with E-state index in [0.29, 0.717) is 22.5 Å². The number of hydrogen-bond acceptors (Lipinski definition) is 3. The Balaban J connectivity index is 2.41. The van der Waals surface area contributed by atoms with Gasteiger partial charge in [0.25, 0.3) is 0 Å². The Bertz CT molecular complexity index is 597. The van der Waals surface area contributed by atoms with Crippen molar-refractivity contribution in [3.63, 3.8) is 0 Å². The first-order valence-corrected chi connectivity index (χ1v) is 5.44. The SMILES string of the molecule is Cc1nccc(-c2cccc(OC(F)(F)F)c2)c1N. The van der Waals surface area contributed by atoms with E-state index in [-0.39, 0.29) is 5.75 Å². The molecule has 0 saturated carbocycles. The zero-order chi connectivity index (χ0) is 14.0. The maximum Gasteiger partial charge on any atom is 0.573 e. The van der Waals surface area contributed by atoms with Crippen LogP contribution in [0.5, 0.6) is 5.75 Å². The van der Waals surface area contributed by atoms with Gasteiger partial charge in [0.2, 0.25) is 0 Å². The van der Waals surface area contributed by atoms with Gasteiger partial charge in [-0.2, -0.15) is 0 Å². The minimum atomic E-state index is -4.71. The minimum Gasteiger partial charge on any atom is -0.406 e. The van der Waals surface area contributed by atoms with Crippen molar-refractivity contribution >= 4 is 5.69 Å². The van der Waals surface area contributed by atoms with Gasteiger partial charge in [-0.15, -0.1) is 13.2 Å². The summed E-state index contributed by atoms with van der Waals surface area (Å²) in [6, 6.07) is 7.31. The number of benzene rings is 1. The highest BCUT2D eigenvalue weighted by Crippen LogP contribution is 2.31. The van der Waals surface area contributed by atoms with Gasteiger partial charge < -0.3 is 10.5 Å². The fourth-order valence-corrected chi connectivity index (χ4v) is 1.69. The molecule has 0 aliphatic heterocycles. The number of aromatic nitrogens is 1. The lowest BCUT2D eigenvalue weighted by atomic mass is 10.0. The van der Waals surface area contributed by atoms with Gasteiger partial charge in [-0.05, 0) is 30.7 Å². The second-order valence-corrected chi connectivity index (χ2v) is 3.93. The predicted molar refractivity (Wildman–Crippen MR) is 65.5 cm³/mol. The Morgan fingerprint density at radius 2 is 1.95 bits per heavy atom. The number of aryl methyl sites for hydroxylation is 1. The molecule has 0 aliphatic rings. The fraction of sp³-hybridized carbons (Fsp3) is 0.154. The van der Waals surface area contributed by atoms with Crippen molar-refractivity contribution in [1.82, 2.24) is 4.98 Å². The summed E-state index contributed by atoms with van der Waals surface area (Å²) in [5, 5.41) is 0. The first kappa shape index (κ1) is 13.2. The average Bonchev–Trinajstić information content (AvgIpc) is 2.31. The highest BCUT2D eigenvalue weighted by molar-refractivity contribution is 5.77. The van der Waals surface area contributed by atoms with Crippen LogP contribution < -0.4 is 10.5 Å². The van der Waals surface area contributed by atoms with Crippen molar-refractivity contribution in [3.8, 4) is 16.9 Å². The Morgan fingerprint density at radius 3 is 2.63 bits per heavy atom. The largest absolute Gasteiger partial charge is 0.573 e. The van der Waals surface area contributed by atoms with Crippen LogP contribution in [0.3, 0.4) is 0 Å². The molecule has 100 valence electrons. The van der Waals surface area contributed by atoms with Crippen molar-refractivity contribution in [2.45, 2.75) is 13.3 Å². The van der Waals surface area contributed by atoms with Crippen molar-refractivity contribution in [2.75, 3.05) is 5.73 Å². The fourth-order valence-electron chi connectivity index (χ4n) is 1.69. The molecular weight excluding hydrogens is 257 g/mol. The lowest BCUT2D eigenvalue weighted by Gasteiger charge is -2.11. The van der Waals surface area contributed by atoms with Gasteiger partial charge in [0.05, 0.1) is 11.4 Å². The third-order valence-corrected chi connectivity index (χ3v) is 2.57. The molecule has 0 unspecified atom stereocenters. The Kier molecular flexibility index (Phi) is 3.33. The summed E-state index contributed by atoms with van der Waals surface area (Å²) in [5.41, 5.74) is 8.10. The molecule has 1 aromatic carbocycles. The first-order chi connectivity index (χ1) is 8.87. The Hall–Kier alpha value is -2.24. The van der Waals surface area contributed by atoms with E-state index in [2.05, 4.69) is 9.72 Å². The lowest BCUT2D eigenvalue weighted by molar-refractivity contribution is -0.274. The number of anilines is 1. The normalized spacial score (nSPS) is 11.4. The molecule has 2 N–H and O–H groups in total. The summed E-state index contributed by atoms with van der Waals surface area (Å²) in [5.74, 6) is -0.279. The molecule has 3 nitrogen and oxygen atoms in total. The van der Waals surface area contributed by atoms with Crippen molar-refractivity contribution < 1.29 is 17.9 Å². The van der Waals surface area contributed by atoms with E-state index >= 15 is 0 Å². The average molecular weight is 268 g/mol. The molecule has 0 aliphatic carbocycles. The summed E-state index contributed by atoms with van der Waals surface area (Å²) < 4.78 is 40.4. The van der Waals surface area contributed by atoms with Gasteiger partial charge in [-0.3, -0.25) is 4.98 Å². The van der Waals surface area contributed by atoms with E-state index in [4.69, 9.17) is 5.73 Å². The summed E-state index contributed by atoms with van der Waals surface area (Å²) in [4.78, 5) is 4.01. The third-order valence-electron chi connectivity index (χ3n) is 2.57. The van der Waals surface area contributed by atoms with Crippen LogP contribution in [0.25, 0.3) is 11.1 Å². The molecule has 0 fully saturated rings. The number of alkyl halides is 3. The third kappa shape index (κ3) is 3.15. The smallest absolute Gasteiger partial charge is 0.406 e. The zero-order valence-electron chi connectivity index (χ0n) is 10.0. The maximum absolute atomic E-state index is 12.2. The van der Waals surface area contributed by atoms with E-state index in [1.165, 1.54) is 18.2 Å². The number of pyridine rings is 1. The molecule has 2 rings (SSSR count). The lowest BCUT2D eigenvalue weighted by Crippen LogP contribution is -2.17. The second-order valence-electron chi connectivity index (χ2n) is 3.93. The molecule has 6 heteroatoms. The topological polar surface area (TPSA) is 48.1 Å². The van der Waals surface area contributed by atoms with E-state index in [1.807, 2.05) is 0 Å². The number of rotatable bonds is 2. The summed E-state index contributed by atoms with van der Waals surface area (Å²) in [6.45, 7) is 1.73. The molecule has 0 atom stereocenters. The maximum atomic E-state index is 12.2. The standard InChI is InChI=1S/C13H11F3N2O/c1-8-12(17)11(5-6-18-8)9-3-2-4-10(7-9)19-13(14,15)16/h2-7H,17H2,1H3. The van der Waals surface area contributed by atoms with Crippen LogP contribution in [0.2, 0.25) is 0 Å². The van der Waals surface area contributed by atoms with Crippen LogP contribution in [0.4, 0.5) is 18.9 Å². The van der Waals surface area contributed by atoms with E-state index < -0.39 is 6.36 Å². The highest BCUT2D eigenvalue weighted by atomic mass is 19.4. The molecule has 0 bridgehead atoms. The summed E-state index contributed by atoms with van der Waals surface area (Å²) in [7, 11) is 0. The minimum absolute atomic E-state index is 0.279. The number of nitrogens with two attached hydrogens (primary N) is 1. The molecule has 0 amide bonds. The predicted octanol–water partition coefficient (Wildman–Crippen LogP) is 3.54. The molecule has 1 aromatic heterocycles. The molecule has 0 saturated heterocycles. The van der Waals surface area contributed by atoms with Crippen LogP contribution in [-0.2, 0) is 0 Å². The monoisotopic (exact) mass is 268 g/mol. The van der Waals surface area contributed by atoms with Crippen molar-refractivity contribution in [1.29, 1.82) is 0 Å². The zero-order valence-corrected chi connectivity index (χ0v) is 10.0. The highest BCUT2D eigenvalue weighted by Gasteiger charge is 2.31. The van der Waals surface area contributed by atoms with Crippen LogP contribution in [0.15, 0.2) is 36.5 Å². The molecule has 1 heterocycles. The van der Waals surface area contributed by atoms with E-state index in [0.717, 1.165) is 0 Å². The van der Waals surface area contributed by atoms with Gasteiger partial charge in [-0.25, -0.2) is 0 Å². The quantitative estimate of drug-likeness (QED) is 0.906. The van der Waals surface area contributed by atoms with E-state index in [1.54, 1.807) is 25.3 Å². The van der Waals surface area contributed by atoms with Crippen LogP contribution >= 0.6 is 0 Å². The van der Waals surface area contributed by atoms with Crippen molar-refractivity contribution in [2.24, 2.45) is 0 Å². The first-order valence-electron chi connectivity index (χ1n) is 5.44. The van der Waals surface area contributed by atoms with Gasteiger partial charge in [0.15, 0.2) is 0 Å². The second kappa shape index (κ2) is 4.79. The molecular formula is C13H11F3N2O. The number of nitrogens with zero attached hydrogens (tertiary/aromatic N) is 1. The Labute approximate surface area is 107 Å². The van der Waals surface area contributed by atoms with E-state index in [9.17, 15) is 13.2 Å². The van der Waals surface area contributed by atoms with Crippen LogP contribution in [0, 0.1) is 6.92 Å². The molecule has 0 radical (unpaired) electrons. The summed E-state index contributed by atoms with van der Waals surface area (Å²) >= 11 is 0. The molecule has 2 aromatic rings. The number of nitrogen functional groups attached to an aromatic ring is 1. The van der Waals surface area contributed by atoms with Crippen molar-refractivity contribution in [3.05, 3.63) is 42.2 Å². The molecule has 19 heavy (non-hydrogen) atoms. The Morgan fingerprint density at radius 1 is 1.21 bits per heavy atom. The number of halogens is 3. The van der Waals surface area contributed by atoms with Crippen LogP contribution in [0.1, 0.15) is 5.69 Å². The number of hydrogen-bond donors (Lipinski definition) is 1. The van der Waals surface area contributed by atoms with Gasteiger partial charge in [0, 0.05) is 11.8 Å². The molecule has 0 spiro atoms. The van der Waals surface area contributed by atoms with Crippen LogP contribution in [-0.4, -0.2) is 11.3 Å². The van der Waals surface area contributed by atoms with Gasteiger partial charge >= 0.3 is 6.36 Å². The summed E-state index contributed by atoms with van der Waals surface area (Å²) in [6.07, 6.45) is -3.16.